The minimum atomic E-state index is -0.554. The molecule has 0 saturated heterocycles. The highest BCUT2D eigenvalue weighted by atomic mass is 16.6. The summed E-state index contributed by atoms with van der Waals surface area (Å²) in [5.74, 6) is 0.944. The highest BCUT2D eigenvalue weighted by molar-refractivity contribution is 5.83. The van der Waals surface area contributed by atoms with Crippen LogP contribution in [-0.2, 0) is 4.74 Å². The molecule has 1 amide bonds. The number of anilines is 3. The Balaban J connectivity index is 2.02. The molecule has 122 valence electrons. The Labute approximate surface area is 136 Å². The summed E-state index contributed by atoms with van der Waals surface area (Å²) in [5.41, 5.74) is 2.78. The molecule has 0 atom stereocenters. The number of hydrogen-bond acceptors (Lipinski definition) is 5. The number of carbonyl (C=O) groups excluding carboxylic acids is 1. The summed E-state index contributed by atoms with van der Waals surface area (Å²) in [6.07, 6.45) is -0.554. The molecular formula is C17H22N4O2. The first-order chi connectivity index (χ1) is 10.7. The molecule has 23 heavy (non-hydrogen) atoms. The lowest BCUT2D eigenvalue weighted by atomic mass is 10.1. The van der Waals surface area contributed by atoms with Crippen LogP contribution >= 0.6 is 0 Å². The van der Waals surface area contributed by atoms with E-state index >= 15 is 0 Å². The van der Waals surface area contributed by atoms with Crippen LogP contribution in [0.2, 0.25) is 0 Å². The smallest absolute Gasteiger partial charge is 0.413 e. The second kappa shape index (κ2) is 6.64. The minimum absolute atomic E-state index is 0.339. The summed E-state index contributed by atoms with van der Waals surface area (Å²) in [5, 5.41) is 13.8. The topological polar surface area (TPSA) is 76.1 Å². The van der Waals surface area contributed by atoms with Gasteiger partial charge in [-0.15, -0.1) is 10.2 Å². The van der Waals surface area contributed by atoms with E-state index in [2.05, 4.69) is 33.8 Å². The molecular weight excluding hydrogens is 292 g/mol. The maximum absolute atomic E-state index is 11.7. The van der Waals surface area contributed by atoms with E-state index in [0.29, 0.717) is 11.6 Å². The van der Waals surface area contributed by atoms with Crippen LogP contribution in [0.1, 0.15) is 31.9 Å². The van der Waals surface area contributed by atoms with Crippen LogP contribution in [0.15, 0.2) is 30.3 Å². The molecule has 6 heteroatoms. The number of aromatic nitrogens is 2. The molecule has 0 bridgehead atoms. The van der Waals surface area contributed by atoms with E-state index in [1.54, 1.807) is 32.9 Å². The summed E-state index contributed by atoms with van der Waals surface area (Å²) in [6, 6.07) is 9.44. The van der Waals surface area contributed by atoms with Gasteiger partial charge in [-0.3, -0.25) is 5.32 Å². The Morgan fingerprint density at radius 2 is 1.70 bits per heavy atom. The molecule has 0 saturated carbocycles. The molecule has 0 spiro atoms. The second-order valence-corrected chi connectivity index (χ2v) is 6.30. The van der Waals surface area contributed by atoms with Gasteiger partial charge in [0, 0.05) is 5.69 Å². The largest absolute Gasteiger partial charge is 0.444 e. The average Bonchev–Trinajstić information content (AvgIpc) is 2.44. The van der Waals surface area contributed by atoms with Gasteiger partial charge < -0.3 is 10.1 Å². The Hall–Kier alpha value is -2.63. The molecule has 0 aliphatic heterocycles. The lowest BCUT2D eigenvalue weighted by Crippen LogP contribution is -2.27. The number of ether oxygens (including phenoxy) is 1. The van der Waals surface area contributed by atoms with Crippen molar-refractivity contribution in [2.45, 2.75) is 40.2 Å². The maximum Gasteiger partial charge on any atom is 0.413 e. The zero-order valence-corrected chi connectivity index (χ0v) is 14.1. The molecule has 1 aromatic carbocycles. The summed E-state index contributed by atoms with van der Waals surface area (Å²) in [7, 11) is 0. The average molecular weight is 314 g/mol. The third-order valence-corrected chi connectivity index (χ3v) is 3.16. The Bertz CT molecular complexity index is 691. The third-order valence-electron chi connectivity index (χ3n) is 3.16. The fourth-order valence-electron chi connectivity index (χ4n) is 1.90. The number of nitrogens with zero attached hydrogens (tertiary/aromatic N) is 2. The summed E-state index contributed by atoms with van der Waals surface area (Å²) in [6.45, 7) is 9.50. The molecule has 2 aromatic rings. The molecule has 0 fully saturated rings. The first-order valence-corrected chi connectivity index (χ1v) is 7.41. The lowest BCUT2D eigenvalue weighted by molar-refractivity contribution is 0.0635. The molecule has 0 unspecified atom stereocenters. The molecule has 0 aliphatic carbocycles. The zero-order chi connectivity index (χ0) is 17.0. The van der Waals surface area contributed by atoms with Gasteiger partial charge in [-0.1, -0.05) is 12.1 Å². The van der Waals surface area contributed by atoms with Gasteiger partial charge in [0.2, 0.25) is 0 Å². The lowest BCUT2D eigenvalue weighted by Gasteiger charge is -2.19. The van der Waals surface area contributed by atoms with Crippen molar-refractivity contribution >= 4 is 23.4 Å². The fourth-order valence-corrected chi connectivity index (χ4v) is 1.90. The zero-order valence-electron chi connectivity index (χ0n) is 14.1. The molecule has 1 aromatic heterocycles. The third kappa shape index (κ3) is 4.95. The predicted octanol–water partition coefficient (Wildman–Crippen LogP) is 4.18. The van der Waals surface area contributed by atoms with Crippen molar-refractivity contribution in [3.63, 3.8) is 0 Å². The first kappa shape index (κ1) is 16.7. The van der Waals surface area contributed by atoms with E-state index in [-0.39, 0.29) is 0 Å². The van der Waals surface area contributed by atoms with E-state index in [1.165, 1.54) is 5.56 Å². The van der Waals surface area contributed by atoms with Gasteiger partial charge in [0.1, 0.15) is 5.60 Å². The van der Waals surface area contributed by atoms with Gasteiger partial charge in [0.25, 0.3) is 0 Å². The van der Waals surface area contributed by atoms with Crippen LogP contribution in [0, 0.1) is 13.8 Å². The number of amides is 1. The predicted molar refractivity (Wildman–Crippen MR) is 91.1 cm³/mol. The number of carbonyl (C=O) groups is 1. The van der Waals surface area contributed by atoms with Crippen molar-refractivity contribution in [3.05, 3.63) is 41.5 Å². The molecule has 1 heterocycles. The molecule has 2 rings (SSSR count). The number of aryl methyl sites for hydroxylation is 1. The van der Waals surface area contributed by atoms with Crippen LogP contribution in [0.5, 0.6) is 0 Å². The van der Waals surface area contributed by atoms with Crippen LogP contribution in [-0.4, -0.2) is 21.9 Å². The van der Waals surface area contributed by atoms with Gasteiger partial charge in [-0.25, -0.2) is 4.79 Å². The van der Waals surface area contributed by atoms with E-state index < -0.39 is 11.7 Å². The van der Waals surface area contributed by atoms with Gasteiger partial charge in [-0.05, 0) is 63.9 Å². The van der Waals surface area contributed by atoms with Crippen molar-refractivity contribution in [1.82, 2.24) is 10.2 Å². The van der Waals surface area contributed by atoms with E-state index in [0.717, 1.165) is 11.3 Å². The normalized spacial score (nSPS) is 11.0. The Morgan fingerprint density at radius 1 is 1.04 bits per heavy atom. The molecule has 0 radical (unpaired) electrons. The van der Waals surface area contributed by atoms with Crippen molar-refractivity contribution in [1.29, 1.82) is 0 Å². The van der Waals surface area contributed by atoms with Crippen molar-refractivity contribution in [3.8, 4) is 0 Å². The second-order valence-electron chi connectivity index (χ2n) is 6.30. The van der Waals surface area contributed by atoms with Crippen LogP contribution in [0.3, 0.4) is 0 Å². The molecule has 2 N–H and O–H groups in total. The Kier molecular flexibility index (Phi) is 4.83. The summed E-state index contributed by atoms with van der Waals surface area (Å²) < 4.78 is 5.16. The first-order valence-electron chi connectivity index (χ1n) is 7.41. The van der Waals surface area contributed by atoms with Crippen LogP contribution < -0.4 is 10.6 Å². The van der Waals surface area contributed by atoms with Crippen LogP contribution in [0.25, 0.3) is 0 Å². The summed E-state index contributed by atoms with van der Waals surface area (Å²) in [4.78, 5) is 11.7. The van der Waals surface area contributed by atoms with Crippen molar-refractivity contribution < 1.29 is 9.53 Å². The van der Waals surface area contributed by atoms with Crippen molar-refractivity contribution in [2.24, 2.45) is 0 Å². The van der Waals surface area contributed by atoms with Gasteiger partial charge in [0.05, 0.1) is 0 Å². The highest BCUT2D eigenvalue weighted by Gasteiger charge is 2.16. The van der Waals surface area contributed by atoms with Crippen molar-refractivity contribution in [2.75, 3.05) is 10.6 Å². The minimum Gasteiger partial charge on any atom is -0.444 e. The van der Waals surface area contributed by atoms with E-state index in [4.69, 9.17) is 4.74 Å². The van der Waals surface area contributed by atoms with Crippen LogP contribution in [0.4, 0.5) is 22.1 Å². The fraction of sp³-hybridized carbons (Fsp3) is 0.353. The number of hydrogen-bond donors (Lipinski definition) is 2. The maximum atomic E-state index is 11.7. The molecule has 6 nitrogen and oxygen atoms in total. The van der Waals surface area contributed by atoms with Gasteiger partial charge >= 0.3 is 6.09 Å². The Morgan fingerprint density at radius 3 is 2.30 bits per heavy atom. The van der Waals surface area contributed by atoms with Gasteiger partial charge in [-0.2, -0.15) is 0 Å². The quantitative estimate of drug-likeness (QED) is 0.888. The van der Waals surface area contributed by atoms with E-state index in [1.807, 2.05) is 19.1 Å². The monoisotopic (exact) mass is 314 g/mol. The number of nitrogens with one attached hydrogen (secondary N) is 2. The summed E-state index contributed by atoms with van der Waals surface area (Å²) >= 11 is 0. The number of rotatable bonds is 3. The van der Waals surface area contributed by atoms with Gasteiger partial charge in [0.15, 0.2) is 11.6 Å². The number of benzene rings is 1. The SMILES string of the molecule is Cc1cccc(Nc2ccc(NC(=O)OC(C)(C)C)nn2)c1C. The standard InChI is InChI=1S/C17H22N4O2/c1-11-7-6-8-13(12(11)2)18-14-9-10-15(21-20-14)19-16(22)23-17(3,4)5/h6-10H,1-5H3,(H,18,20)(H,19,21,22). The van der Waals surface area contributed by atoms with E-state index in [9.17, 15) is 4.79 Å². The highest BCUT2D eigenvalue weighted by Crippen LogP contribution is 2.21. The molecule has 0 aliphatic rings.